The van der Waals surface area contributed by atoms with E-state index in [0.717, 1.165) is 5.69 Å². The second-order valence-corrected chi connectivity index (χ2v) is 4.62. The highest BCUT2D eigenvalue weighted by atomic mass is 16.5. The minimum Gasteiger partial charge on any atom is -0.467 e. The van der Waals surface area contributed by atoms with E-state index in [1.54, 1.807) is 10.9 Å². The molecule has 0 saturated heterocycles. The number of ether oxygens (including phenoxy) is 1. The van der Waals surface area contributed by atoms with Crippen molar-refractivity contribution in [2.24, 2.45) is 5.92 Å². The van der Waals surface area contributed by atoms with Crippen molar-refractivity contribution >= 4 is 11.9 Å². The Hall–Kier alpha value is -1.92. The van der Waals surface area contributed by atoms with Crippen molar-refractivity contribution in [3.8, 4) is 0 Å². The Morgan fingerprint density at radius 2 is 2.17 bits per heavy atom. The highest BCUT2D eigenvalue weighted by Gasteiger charge is 2.36. The fourth-order valence-electron chi connectivity index (χ4n) is 2.15. The molecule has 0 bridgehead atoms. The van der Waals surface area contributed by atoms with Gasteiger partial charge >= 0.3 is 5.97 Å². The van der Waals surface area contributed by atoms with E-state index < -0.39 is 6.04 Å². The van der Waals surface area contributed by atoms with Crippen molar-refractivity contribution in [1.29, 1.82) is 0 Å². The van der Waals surface area contributed by atoms with E-state index >= 15 is 0 Å². The van der Waals surface area contributed by atoms with Gasteiger partial charge in [0.15, 0.2) is 0 Å². The van der Waals surface area contributed by atoms with Crippen molar-refractivity contribution in [2.75, 3.05) is 7.11 Å². The van der Waals surface area contributed by atoms with Crippen molar-refractivity contribution in [1.82, 2.24) is 19.9 Å². The van der Waals surface area contributed by atoms with E-state index in [1.165, 1.54) is 12.0 Å². The quantitative estimate of drug-likeness (QED) is 0.697. The van der Waals surface area contributed by atoms with Crippen LogP contribution in [0.25, 0.3) is 0 Å². The van der Waals surface area contributed by atoms with Gasteiger partial charge in [0.25, 0.3) is 0 Å². The fourth-order valence-corrected chi connectivity index (χ4v) is 2.15. The summed E-state index contributed by atoms with van der Waals surface area (Å²) in [6.45, 7) is 4.23. The number of fused-ring (bicyclic) bond motifs is 1. The summed E-state index contributed by atoms with van der Waals surface area (Å²) in [5.74, 6) is -0.541. The first-order chi connectivity index (χ1) is 8.54. The van der Waals surface area contributed by atoms with Gasteiger partial charge in [-0.1, -0.05) is 19.1 Å². The van der Waals surface area contributed by atoms with Crippen LogP contribution in [-0.4, -0.2) is 44.9 Å². The van der Waals surface area contributed by atoms with Gasteiger partial charge in [0.05, 0.1) is 25.5 Å². The van der Waals surface area contributed by atoms with Crippen molar-refractivity contribution in [2.45, 2.75) is 33.0 Å². The SMILES string of the molecule is COC(=O)[C@H](C(C)C)N1Cc2cnnn2CC1=O. The molecule has 0 radical (unpaired) electrons. The maximum Gasteiger partial charge on any atom is 0.328 e. The van der Waals surface area contributed by atoms with Crippen LogP contribution in [0.1, 0.15) is 19.5 Å². The van der Waals surface area contributed by atoms with Gasteiger partial charge in [0, 0.05) is 0 Å². The number of rotatable bonds is 3. The van der Waals surface area contributed by atoms with Crippen LogP contribution in [-0.2, 0) is 27.4 Å². The lowest BCUT2D eigenvalue weighted by molar-refractivity contribution is -0.157. The number of carbonyl (C=O) groups is 2. The summed E-state index contributed by atoms with van der Waals surface area (Å²) in [7, 11) is 1.33. The number of esters is 1. The van der Waals surface area contributed by atoms with Crippen LogP contribution in [0.2, 0.25) is 0 Å². The van der Waals surface area contributed by atoms with Crippen LogP contribution in [0.3, 0.4) is 0 Å². The van der Waals surface area contributed by atoms with Gasteiger partial charge < -0.3 is 9.64 Å². The van der Waals surface area contributed by atoms with Gasteiger partial charge in [0.2, 0.25) is 5.91 Å². The molecule has 7 nitrogen and oxygen atoms in total. The van der Waals surface area contributed by atoms with Gasteiger partial charge in [0.1, 0.15) is 12.6 Å². The van der Waals surface area contributed by atoms with Crippen molar-refractivity contribution in [3.05, 3.63) is 11.9 Å². The third-order valence-electron chi connectivity index (χ3n) is 3.05. The number of hydrogen-bond acceptors (Lipinski definition) is 5. The molecule has 98 valence electrons. The Balaban J connectivity index is 2.27. The number of amides is 1. The van der Waals surface area contributed by atoms with Gasteiger partial charge in [-0.3, -0.25) is 4.79 Å². The molecule has 0 unspecified atom stereocenters. The van der Waals surface area contributed by atoms with E-state index in [0.29, 0.717) is 6.54 Å². The molecule has 0 aromatic carbocycles. The number of carbonyl (C=O) groups excluding carboxylic acids is 2. The van der Waals surface area contributed by atoms with Crippen LogP contribution in [0.4, 0.5) is 0 Å². The van der Waals surface area contributed by atoms with Crippen LogP contribution in [0.5, 0.6) is 0 Å². The average Bonchev–Trinajstić information content (AvgIpc) is 2.75. The molecule has 1 aliphatic rings. The zero-order valence-electron chi connectivity index (χ0n) is 10.7. The molecular weight excluding hydrogens is 236 g/mol. The first-order valence-corrected chi connectivity index (χ1v) is 5.79. The van der Waals surface area contributed by atoms with E-state index in [2.05, 4.69) is 10.3 Å². The molecule has 1 atom stereocenters. The van der Waals surface area contributed by atoms with Crippen LogP contribution < -0.4 is 0 Å². The van der Waals surface area contributed by atoms with Crippen molar-refractivity contribution in [3.63, 3.8) is 0 Å². The smallest absolute Gasteiger partial charge is 0.328 e. The lowest BCUT2D eigenvalue weighted by atomic mass is 10.0. The van der Waals surface area contributed by atoms with Gasteiger partial charge in [-0.25, -0.2) is 9.48 Å². The minimum atomic E-state index is -0.564. The summed E-state index contributed by atoms with van der Waals surface area (Å²) in [4.78, 5) is 25.4. The number of nitrogens with zero attached hydrogens (tertiary/aromatic N) is 4. The summed E-state index contributed by atoms with van der Waals surface area (Å²) >= 11 is 0. The van der Waals surface area contributed by atoms with Gasteiger partial charge in [-0.2, -0.15) is 0 Å². The number of aromatic nitrogens is 3. The molecule has 0 fully saturated rings. The minimum absolute atomic E-state index is 0.0103. The van der Waals surface area contributed by atoms with E-state index in [4.69, 9.17) is 4.74 Å². The normalized spacial score (nSPS) is 16.7. The van der Waals surface area contributed by atoms with Crippen LogP contribution in [0, 0.1) is 5.92 Å². The zero-order valence-corrected chi connectivity index (χ0v) is 10.7. The molecule has 18 heavy (non-hydrogen) atoms. The number of hydrogen-bond donors (Lipinski definition) is 0. The molecule has 1 aliphatic heterocycles. The fraction of sp³-hybridized carbons (Fsp3) is 0.636. The summed E-state index contributed by atoms with van der Waals surface area (Å²) in [5, 5.41) is 7.57. The molecule has 1 aromatic rings. The Kier molecular flexibility index (Phi) is 3.31. The van der Waals surface area contributed by atoms with Crippen LogP contribution >= 0.6 is 0 Å². The maximum atomic E-state index is 12.1. The van der Waals surface area contributed by atoms with Crippen molar-refractivity contribution < 1.29 is 14.3 Å². The van der Waals surface area contributed by atoms with Gasteiger partial charge in [-0.15, -0.1) is 5.10 Å². The van der Waals surface area contributed by atoms with Crippen LogP contribution in [0.15, 0.2) is 6.20 Å². The molecule has 0 aliphatic carbocycles. The predicted molar refractivity (Wildman–Crippen MR) is 61.2 cm³/mol. The summed E-state index contributed by atoms with van der Waals surface area (Å²) in [6, 6.07) is -0.564. The number of methoxy groups -OCH3 is 1. The average molecular weight is 252 g/mol. The standard InChI is InChI=1S/C11H16N4O3/c1-7(2)10(11(17)18-3)14-5-8-4-12-13-15(8)6-9(14)16/h4,7,10H,5-6H2,1-3H3/t10-/m0/s1. The molecular formula is C11H16N4O3. The highest BCUT2D eigenvalue weighted by Crippen LogP contribution is 2.20. The Labute approximate surface area is 105 Å². The summed E-state index contributed by atoms with van der Waals surface area (Å²) < 4.78 is 6.32. The van der Waals surface area contributed by atoms with E-state index in [9.17, 15) is 9.59 Å². The zero-order chi connectivity index (χ0) is 13.3. The monoisotopic (exact) mass is 252 g/mol. The lowest BCUT2D eigenvalue weighted by Crippen LogP contribution is -2.51. The molecule has 1 aromatic heterocycles. The molecule has 0 N–H and O–H groups in total. The summed E-state index contributed by atoms with van der Waals surface area (Å²) in [5.41, 5.74) is 0.823. The first kappa shape index (κ1) is 12.5. The van der Waals surface area contributed by atoms with Gasteiger partial charge in [-0.05, 0) is 5.92 Å². The third-order valence-corrected chi connectivity index (χ3v) is 3.05. The second kappa shape index (κ2) is 4.75. The molecule has 2 heterocycles. The Bertz CT molecular complexity index is 469. The molecule has 0 saturated carbocycles. The molecule has 7 heteroatoms. The maximum absolute atomic E-state index is 12.1. The first-order valence-electron chi connectivity index (χ1n) is 5.79. The Morgan fingerprint density at radius 1 is 1.44 bits per heavy atom. The van der Waals surface area contributed by atoms with E-state index in [-0.39, 0.29) is 24.3 Å². The third kappa shape index (κ3) is 2.07. The largest absolute Gasteiger partial charge is 0.467 e. The molecule has 0 spiro atoms. The second-order valence-electron chi connectivity index (χ2n) is 4.62. The Morgan fingerprint density at radius 3 is 2.78 bits per heavy atom. The molecule has 1 amide bonds. The predicted octanol–water partition coefficient (Wildman–Crippen LogP) is -0.182. The summed E-state index contributed by atoms with van der Waals surface area (Å²) in [6.07, 6.45) is 1.61. The topological polar surface area (TPSA) is 77.3 Å². The highest BCUT2D eigenvalue weighted by molar-refractivity contribution is 5.85. The lowest BCUT2D eigenvalue weighted by Gasteiger charge is -2.34. The molecule has 2 rings (SSSR count). The van der Waals surface area contributed by atoms with E-state index in [1.807, 2.05) is 13.8 Å².